The largest absolute Gasteiger partial charge is 0.497 e. The number of hydrogen-bond donors (Lipinski definition) is 2. The summed E-state index contributed by atoms with van der Waals surface area (Å²) in [5, 5.41) is 5.64. The number of anilines is 1. The highest BCUT2D eigenvalue weighted by molar-refractivity contribution is 5.89. The van der Waals surface area contributed by atoms with Crippen LogP contribution < -0.4 is 15.4 Å². The van der Waals surface area contributed by atoms with E-state index in [1.807, 2.05) is 65.4 Å². The van der Waals surface area contributed by atoms with E-state index in [9.17, 15) is 9.59 Å². The van der Waals surface area contributed by atoms with E-state index < -0.39 is 0 Å². The minimum Gasteiger partial charge on any atom is -0.497 e. The normalized spacial score (nSPS) is 14.6. The zero-order valence-corrected chi connectivity index (χ0v) is 16.3. The number of carbonyl (C=O) groups is 2. The van der Waals surface area contributed by atoms with E-state index in [1.165, 1.54) is 0 Å². The van der Waals surface area contributed by atoms with Crippen LogP contribution in [0.3, 0.4) is 0 Å². The molecule has 148 valence electrons. The minimum atomic E-state index is -0.266. The summed E-state index contributed by atoms with van der Waals surface area (Å²) in [5.74, 6) is 0.931. The molecule has 0 bridgehead atoms. The number of likely N-dealkylation sites (N-methyl/N-ethyl adjacent to an activating group) is 1. The first kappa shape index (κ1) is 19.7. The number of ether oxygens (including phenoxy) is 1. The molecule has 7 heteroatoms. The lowest BCUT2D eigenvalue weighted by Gasteiger charge is -2.32. The number of nitrogens with one attached hydrogen (secondary N) is 2. The second-order valence-corrected chi connectivity index (χ2v) is 6.91. The van der Waals surface area contributed by atoms with Crippen LogP contribution in [0.15, 0.2) is 48.5 Å². The first-order valence-electron chi connectivity index (χ1n) is 9.26. The molecule has 0 atom stereocenters. The fraction of sp³-hybridized carbons (Fsp3) is 0.333. The van der Waals surface area contributed by atoms with Gasteiger partial charge in [0.05, 0.1) is 13.7 Å². The van der Waals surface area contributed by atoms with E-state index in [0.29, 0.717) is 25.3 Å². The van der Waals surface area contributed by atoms with Crippen molar-refractivity contribution >= 4 is 17.6 Å². The van der Waals surface area contributed by atoms with Crippen molar-refractivity contribution in [2.75, 3.05) is 39.1 Å². The van der Waals surface area contributed by atoms with E-state index in [-0.39, 0.29) is 11.9 Å². The molecule has 2 aromatic carbocycles. The van der Waals surface area contributed by atoms with Gasteiger partial charge in [0.1, 0.15) is 5.75 Å². The number of nitrogens with zero attached hydrogens (tertiary/aromatic N) is 2. The fourth-order valence-corrected chi connectivity index (χ4v) is 3.01. The van der Waals surface area contributed by atoms with Crippen molar-refractivity contribution < 1.29 is 14.3 Å². The summed E-state index contributed by atoms with van der Waals surface area (Å²) in [6, 6.07) is 14.8. The fourth-order valence-electron chi connectivity index (χ4n) is 3.01. The topological polar surface area (TPSA) is 73.9 Å². The Balaban J connectivity index is 1.46. The van der Waals surface area contributed by atoms with Crippen LogP contribution in [0, 0.1) is 0 Å². The third kappa shape index (κ3) is 5.47. The Bertz CT molecular complexity index is 805. The van der Waals surface area contributed by atoms with E-state index in [4.69, 9.17) is 4.74 Å². The van der Waals surface area contributed by atoms with E-state index in [0.717, 1.165) is 30.0 Å². The average molecular weight is 382 g/mol. The van der Waals surface area contributed by atoms with Gasteiger partial charge >= 0.3 is 6.03 Å². The molecule has 0 aliphatic carbocycles. The maximum Gasteiger partial charge on any atom is 0.319 e. The van der Waals surface area contributed by atoms with Gasteiger partial charge in [0, 0.05) is 31.9 Å². The van der Waals surface area contributed by atoms with Crippen molar-refractivity contribution in [2.45, 2.75) is 13.1 Å². The van der Waals surface area contributed by atoms with Crippen LogP contribution in [0.1, 0.15) is 11.1 Å². The average Bonchev–Trinajstić information content (AvgIpc) is 2.70. The number of piperazine rings is 1. The summed E-state index contributed by atoms with van der Waals surface area (Å²) in [5.41, 5.74) is 2.74. The predicted molar refractivity (Wildman–Crippen MR) is 108 cm³/mol. The van der Waals surface area contributed by atoms with E-state index in [2.05, 4.69) is 10.6 Å². The zero-order chi connectivity index (χ0) is 19.9. The molecule has 1 fully saturated rings. The SMILES string of the molecule is COc1ccc(CNC(=O)Nc2ccc(CN3CCN(C)CC3=O)cc2)cc1. The maximum atomic E-state index is 12.1. The maximum absolute atomic E-state index is 12.1. The zero-order valence-electron chi connectivity index (χ0n) is 16.3. The molecule has 28 heavy (non-hydrogen) atoms. The first-order valence-corrected chi connectivity index (χ1v) is 9.26. The first-order chi connectivity index (χ1) is 13.5. The van der Waals surface area contributed by atoms with Gasteiger partial charge in [-0.05, 0) is 42.4 Å². The Hall–Kier alpha value is -3.06. The second kappa shape index (κ2) is 9.23. The lowest BCUT2D eigenvalue weighted by Crippen LogP contribution is -2.48. The molecule has 1 heterocycles. The molecule has 3 rings (SSSR count). The molecule has 0 saturated carbocycles. The number of hydrogen-bond acceptors (Lipinski definition) is 4. The van der Waals surface area contributed by atoms with Gasteiger partial charge in [-0.2, -0.15) is 0 Å². The Morgan fingerprint density at radius 1 is 1.04 bits per heavy atom. The van der Waals surface area contributed by atoms with Crippen molar-refractivity contribution in [2.24, 2.45) is 0 Å². The highest BCUT2D eigenvalue weighted by Gasteiger charge is 2.21. The Kier molecular flexibility index (Phi) is 6.49. The predicted octanol–water partition coefficient (Wildman–Crippen LogP) is 2.29. The number of methoxy groups -OCH3 is 1. The number of carbonyl (C=O) groups excluding carboxylic acids is 2. The summed E-state index contributed by atoms with van der Waals surface area (Å²) >= 11 is 0. The molecular weight excluding hydrogens is 356 g/mol. The molecule has 7 nitrogen and oxygen atoms in total. The highest BCUT2D eigenvalue weighted by atomic mass is 16.5. The van der Waals surface area contributed by atoms with E-state index >= 15 is 0 Å². The number of rotatable bonds is 6. The third-order valence-corrected chi connectivity index (χ3v) is 4.71. The van der Waals surface area contributed by atoms with Crippen LogP contribution in [0.4, 0.5) is 10.5 Å². The summed E-state index contributed by atoms with van der Waals surface area (Å²) in [7, 11) is 3.57. The van der Waals surface area contributed by atoms with Crippen LogP contribution in [0.5, 0.6) is 5.75 Å². The molecule has 1 aliphatic heterocycles. The van der Waals surface area contributed by atoms with Gasteiger partial charge in [0.2, 0.25) is 5.91 Å². The summed E-state index contributed by atoms with van der Waals surface area (Å²) in [4.78, 5) is 28.0. The van der Waals surface area contributed by atoms with Gasteiger partial charge in [-0.25, -0.2) is 4.79 Å². The summed E-state index contributed by atoms with van der Waals surface area (Å²) in [6.07, 6.45) is 0. The standard InChI is InChI=1S/C21H26N4O3/c1-24-11-12-25(20(26)15-24)14-17-3-7-18(8-4-17)23-21(27)22-13-16-5-9-19(28-2)10-6-16/h3-10H,11-15H2,1-2H3,(H2,22,23,27). The Morgan fingerprint density at radius 3 is 2.36 bits per heavy atom. The minimum absolute atomic E-state index is 0.147. The van der Waals surface area contributed by atoms with Gasteiger partial charge < -0.3 is 20.3 Å². The summed E-state index contributed by atoms with van der Waals surface area (Å²) in [6.45, 7) is 3.12. The van der Waals surface area contributed by atoms with Crippen LogP contribution in [0.2, 0.25) is 0 Å². The van der Waals surface area contributed by atoms with Crippen LogP contribution in [-0.2, 0) is 17.9 Å². The van der Waals surface area contributed by atoms with Crippen molar-refractivity contribution in [1.82, 2.24) is 15.1 Å². The molecule has 1 saturated heterocycles. The molecule has 0 aromatic heterocycles. The lowest BCUT2D eigenvalue weighted by molar-refractivity contribution is -0.136. The highest BCUT2D eigenvalue weighted by Crippen LogP contribution is 2.14. The van der Waals surface area contributed by atoms with E-state index in [1.54, 1.807) is 7.11 Å². The van der Waals surface area contributed by atoms with Crippen LogP contribution in [-0.4, -0.2) is 55.5 Å². The molecule has 0 radical (unpaired) electrons. The van der Waals surface area contributed by atoms with Crippen molar-refractivity contribution in [3.8, 4) is 5.75 Å². The molecule has 2 aromatic rings. The van der Waals surface area contributed by atoms with Gasteiger partial charge in [0.15, 0.2) is 0 Å². The number of urea groups is 1. The quantitative estimate of drug-likeness (QED) is 0.804. The van der Waals surface area contributed by atoms with Crippen molar-refractivity contribution in [3.05, 3.63) is 59.7 Å². The molecule has 2 N–H and O–H groups in total. The van der Waals surface area contributed by atoms with Gasteiger partial charge in [-0.15, -0.1) is 0 Å². The van der Waals surface area contributed by atoms with Gasteiger partial charge in [0.25, 0.3) is 0 Å². The molecule has 3 amide bonds. The van der Waals surface area contributed by atoms with Crippen molar-refractivity contribution in [1.29, 1.82) is 0 Å². The van der Waals surface area contributed by atoms with Gasteiger partial charge in [-0.3, -0.25) is 9.69 Å². The van der Waals surface area contributed by atoms with Crippen LogP contribution in [0.25, 0.3) is 0 Å². The third-order valence-electron chi connectivity index (χ3n) is 4.71. The Morgan fingerprint density at radius 2 is 1.71 bits per heavy atom. The number of benzene rings is 2. The Labute approximate surface area is 165 Å². The van der Waals surface area contributed by atoms with Gasteiger partial charge in [-0.1, -0.05) is 24.3 Å². The molecule has 1 aliphatic rings. The molecule has 0 unspecified atom stereocenters. The lowest BCUT2D eigenvalue weighted by atomic mass is 10.1. The molecular formula is C21H26N4O3. The van der Waals surface area contributed by atoms with Crippen molar-refractivity contribution in [3.63, 3.8) is 0 Å². The van der Waals surface area contributed by atoms with Crippen LogP contribution >= 0.6 is 0 Å². The number of amides is 3. The summed E-state index contributed by atoms with van der Waals surface area (Å²) < 4.78 is 5.12. The second-order valence-electron chi connectivity index (χ2n) is 6.91. The monoisotopic (exact) mass is 382 g/mol. The molecule has 0 spiro atoms. The smallest absolute Gasteiger partial charge is 0.319 e.